The van der Waals surface area contributed by atoms with E-state index in [9.17, 15) is 18.0 Å². The fourth-order valence-corrected chi connectivity index (χ4v) is 4.25. The van der Waals surface area contributed by atoms with Gasteiger partial charge in [0.25, 0.3) is 0 Å². The molecule has 0 aliphatic heterocycles. The zero-order chi connectivity index (χ0) is 23.9. The van der Waals surface area contributed by atoms with E-state index in [1.807, 2.05) is 32.0 Å². The van der Waals surface area contributed by atoms with Crippen molar-refractivity contribution in [3.8, 4) is 5.75 Å². The first-order valence-corrected chi connectivity index (χ1v) is 12.1. The van der Waals surface area contributed by atoms with Gasteiger partial charge in [0.15, 0.2) is 0 Å². The second kappa shape index (κ2) is 11.0. The molecule has 9 heteroatoms. The van der Waals surface area contributed by atoms with E-state index in [0.29, 0.717) is 17.9 Å². The molecule has 0 aromatic heterocycles. The summed E-state index contributed by atoms with van der Waals surface area (Å²) in [7, 11) is -0.660. The third kappa shape index (κ3) is 6.46. The van der Waals surface area contributed by atoms with E-state index < -0.39 is 28.5 Å². The summed E-state index contributed by atoms with van der Waals surface area (Å²) in [6, 6.07) is 13.4. The number of carbonyl (C=O) groups excluding carboxylic acids is 2. The molecule has 0 heterocycles. The van der Waals surface area contributed by atoms with Crippen LogP contribution in [0, 0.1) is 6.92 Å². The number of aryl methyl sites for hydroxylation is 1. The molecule has 2 rings (SSSR count). The maximum Gasteiger partial charge on any atom is 0.244 e. The Balaban J connectivity index is 2.41. The fraction of sp³-hybridized carbons (Fsp3) is 0.391. The van der Waals surface area contributed by atoms with Gasteiger partial charge in [0.1, 0.15) is 18.3 Å². The third-order valence-corrected chi connectivity index (χ3v) is 6.25. The molecule has 0 fully saturated rings. The normalized spacial score (nSPS) is 12.0. The molecule has 1 N–H and O–H groups in total. The molecule has 0 unspecified atom stereocenters. The van der Waals surface area contributed by atoms with Crippen molar-refractivity contribution in [1.29, 1.82) is 0 Å². The van der Waals surface area contributed by atoms with Crippen molar-refractivity contribution in [2.75, 3.05) is 31.3 Å². The number of sulfonamides is 1. The quantitative estimate of drug-likeness (QED) is 0.586. The summed E-state index contributed by atoms with van der Waals surface area (Å²) in [5, 5.41) is 2.59. The number of hydrogen-bond acceptors (Lipinski definition) is 5. The minimum Gasteiger partial charge on any atom is -0.497 e. The number of ether oxygens (including phenoxy) is 1. The van der Waals surface area contributed by atoms with Crippen molar-refractivity contribution in [2.45, 2.75) is 32.9 Å². The van der Waals surface area contributed by atoms with Crippen LogP contribution >= 0.6 is 0 Å². The van der Waals surface area contributed by atoms with Crippen LogP contribution in [-0.4, -0.2) is 58.1 Å². The van der Waals surface area contributed by atoms with E-state index in [0.717, 1.165) is 21.7 Å². The topological polar surface area (TPSA) is 96.0 Å². The van der Waals surface area contributed by atoms with Gasteiger partial charge in [-0.05, 0) is 48.7 Å². The van der Waals surface area contributed by atoms with Gasteiger partial charge in [-0.1, -0.05) is 31.2 Å². The molecule has 1 atom stereocenters. The van der Waals surface area contributed by atoms with Crippen LogP contribution < -0.4 is 14.4 Å². The summed E-state index contributed by atoms with van der Waals surface area (Å²) in [5.74, 6) is -0.105. The molecule has 174 valence electrons. The maximum atomic E-state index is 13.4. The number of benzene rings is 2. The molecule has 0 spiro atoms. The molecular weight excluding hydrogens is 430 g/mol. The zero-order valence-electron chi connectivity index (χ0n) is 19.2. The van der Waals surface area contributed by atoms with Crippen LogP contribution in [0.2, 0.25) is 0 Å². The van der Waals surface area contributed by atoms with Crippen molar-refractivity contribution in [1.82, 2.24) is 10.2 Å². The van der Waals surface area contributed by atoms with Crippen LogP contribution in [0.1, 0.15) is 24.5 Å². The van der Waals surface area contributed by atoms with Gasteiger partial charge in [0.05, 0.1) is 19.1 Å². The number of hydrogen-bond donors (Lipinski definition) is 1. The summed E-state index contributed by atoms with van der Waals surface area (Å²) < 4.78 is 31.3. The first-order chi connectivity index (χ1) is 15.1. The van der Waals surface area contributed by atoms with Crippen LogP contribution in [0.5, 0.6) is 5.75 Å². The van der Waals surface area contributed by atoms with Crippen molar-refractivity contribution < 1.29 is 22.7 Å². The van der Waals surface area contributed by atoms with Crippen molar-refractivity contribution in [2.24, 2.45) is 0 Å². The number of methoxy groups -OCH3 is 1. The number of rotatable bonds is 10. The highest BCUT2D eigenvalue weighted by Gasteiger charge is 2.31. The Hall–Kier alpha value is -3.07. The smallest absolute Gasteiger partial charge is 0.244 e. The van der Waals surface area contributed by atoms with Gasteiger partial charge in [0.2, 0.25) is 21.8 Å². The van der Waals surface area contributed by atoms with E-state index in [1.165, 1.54) is 11.9 Å². The van der Waals surface area contributed by atoms with Crippen LogP contribution in [-0.2, 0) is 26.2 Å². The lowest BCUT2D eigenvalue weighted by Gasteiger charge is -2.32. The predicted octanol–water partition coefficient (Wildman–Crippen LogP) is 2.32. The van der Waals surface area contributed by atoms with Gasteiger partial charge in [-0.3, -0.25) is 13.9 Å². The highest BCUT2D eigenvalue weighted by molar-refractivity contribution is 7.92. The highest BCUT2D eigenvalue weighted by Crippen LogP contribution is 2.21. The Kier molecular flexibility index (Phi) is 8.65. The molecule has 0 aliphatic carbocycles. The number of anilines is 1. The summed E-state index contributed by atoms with van der Waals surface area (Å²) in [6.07, 6.45) is 1.44. The van der Waals surface area contributed by atoms with Crippen molar-refractivity contribution in [3.05, 3.63) is 59.7 Å². The predicted molar refractivity (Wildman–Crippen MR) is 125 cm³/mol. The first kappa shape index (κ1) is 25.2. The number of nitrogens with one attached hydrogen (secondary N) is 1. The van der Waals surface area contributed by atoms with E-state index in [4.69, 9.17) is 4.74 Å². The Morgan fingerprint density at radius 3 is 2.28 bits per heavy atom. The zero-order valence-corrected chi connectivity index (χ0v) is 20.0. The molecule has 2 aromatic rings. The molecule has 0 saturated carbocycles. The lowest BCUT2D eigenvalue weighted by atomic mass is 10.1. The Labute approximate surface area is 190 Å². The second-order valence-electron chi connectivity index (χ2n) is 7.52. The molecule has 0 aliphatic rings. The SMILES string of the molecule is CC[C@@H](C(=O)NC)N(Cc1ccc(OC)cc1)C(=O)CN(c1cccc(C)c1)S(C)(=O)=O. The number of nitrogens with zero attached hydrogens (tertiary/aromatic N) is 2. The van der Waals surface area contributed by atoms with Gasteiger partial charge >= 0.3 is 0 Å². The second-order valence-corrected chi connectivity index (χ2v) is 9.42. The van der Waals surface area contributed by atoms with E-state index in [1.54, 1.807) is 37.4 Å². The van der Waals surface area contributed by atoms with Crippen LogP contribution in [0.25, 0.3) is 0 Å². The van der Waals surface area contributed by atoms with Gasteiger partial charge < -0.3 is 15.0 Å². The van der Waals surface area contributed by atoms with Crippen LogP contribution in [0.15, 0.2) is 48.5 Å². The van der Waals surface area contributed by atoms with Crippen LogP contribution in [0.4, 0.5) is 5.69 Å². The average molecular weight is 462 g/mol. The summed E-state index contributed by atoms with van der Waals surface area (Å²) >= 11 is 0. The fourth-order valence-electron chi connectivity index (χ4n) is 3.41. The Morgan fingerprint density at radius 2 is 1.78 bits per heavy atom. The lowest BCUT2D eigenvalue weighted by molar-refractivity contribution is -0.140. The van der Waals surface area contributed by atoms with Gasteiger partial charge in [-0.15, -0.1) is 0 Å². The maximum absolute atomic E-state index is 13.4. The molecule has 0 bridgehead atoms. The molecule has 2 amide bonds. The minimum absolute atomic E-state index is 0.153. The minimum atomic E-state index is -3.73. The first-order valence-electron chi connectivity index (χ1n) is 10.3. The van der Waals surface area contributed by atoms with E-state index in [2.05, 4.69) is 5.32 Å². The van der Waals surface area contributed by atoms with Crippen molar-refractivity contribution in [3.63, 3.8) is 0 Å². The van der Waals surface area contributed by atoms with Gasteiger partial charge in [-0.2, -0.15) is 0 Å². The molecule has 8 nitrogen and oxygen atoms in total. The molecular formula is C23H31N3O5S. The van der Waals surface area contributed by atoms with Crippen LogP contribution in [0.3, 0.4) is 0 Å². The van der Waals surface area contributed by atoms with E-state index in [-0.39, 0.29) is 12.5 Å². The Morgan fingerprint density at radius 1 is 1.12 bits per heavy atom. The largest absolute Gasteiger partial charge is 0.497 e. The molecule has 0 saturated heterocycles. The Bertz CT molecular complexity index is 1040. The molecule has 0 radical (unpaired) electrons. The highest BCUT2D eigenvalue weighted by atomic mass is 32.2. The monoisotopic (exact) mass is 461 g/mol. The third-order valence-electron chi connectivity index (χ3n) is 5.11. The number of carbonyl (C=O) groups is 2. The summed E-state index contributed by atoms with van der Waals surface area (Å²) in [6.45, 7) is 3.40. The molecule has 32 heavy (non-hydrogen) atoms. The standard InChI is InChI=1S/C23H31N3O5S/c1-6-21(23(28)24-3)25(15-18-10-12-20(31-4)13-11-18)22(27)16-26(32(5,29)30)19-9-7-8-17(2)14-19/h7-14,21H,6,15-16H2,1-5H3,(H,24,28)/t21-/m0/s1. The van der Waals surface area contributed by atoms with Gasteiger partial charge in [0, 0.05) is 13.6 Å². The lowest BCUT2D eigenvalue weighted by Crippen LogP contribution is -2.51. The van der Waals surface area contributed by atoms with Crippen molar-refractivity contribution >= 4 is 27.5 Å². The number of likely N-dealkylation sites (N-methyl/N-ethyl adjacent to an activating group) is 1. The number of amides is 2. The van der Waals surface area contributed by atoms with E-state index >= 15 is 0 Å². The molecule has 2 aromatic carbocycles. The average Bonchev–Trinajstić information content (AvgIpc) is 2.76. The summed E-state index contributed by atoms with van der Waals surface area (Å²) in [5.41, 5.74) is 2.07. The summed E-state index contributed by atoms with van der Waals surface area (Å²) in [4.78, 5) is 27.4. The van der Waals surface area contributed by atoms with Gasteiger partial charge in [-0.25, -0.2) is 8.42 Å².